The van der Waals surface area contributed by atoms with Gasteiger partial charge in [0.15, 0.2) is 0 Å². The van der Waals surface area contributed by atoms with Gasteiger partial charge in [-0.15, -0.1) is 0 Å². The molecule has 0 spiro atoms. The predicted molar refractivity (Wildman–Crippen MR) is 57.0 cm³/mol. The average Bonchev–Trinajstić information content (AvgIpc) is 2.56. The summed E-state index contributed by atoms with van der Waals surface area (Å²) in [6.07, 6.45) is 2.25. The summed E-state index contributed by atoms with van der Waals surface area (Å²) in [5, 5.41) is 5.95. The number of rotatable bonds is 2. The summed E-state index contributed by atoms with van der Waals surface area (Å²) in [4.78, 5) is 15.1. The smallest absolute Gasteiger partial charge is 0.222 e. The molecule has 74 valence electrons. The minimum absolute atomic E-state index is 0.0969. The van der Waals surface area contributed by atoms with Crippen LogP contribution in [0.3, 0.4) is 0 Å². The van der Waals surface area contributed by atoms with Crippen molar-refractivity contribution in [3.05, 3.63) is 22.8 Å². The van der Waals surface area contributed by atoms with E-state index in [1.54, 1.807) is 6.20 Å². The van der Waals surface area contributed by atoms with E-state index in [4.69, 9.17) is 0 Å². The summed E-state index contributed by atoms with van der Waals surface area (Å²) in [7, 11) is 0. The molecule has 1 aliphatic heterocycles. The Labute approximate surface area is 90.2 Å². The molecule has 4 nitrogen and oxygen atoms in total. The van der Waals surface area contributed by atoms with Gasteiger partial charge in [-0.3, -0.25) is 4.79 Å². The number of carbonyl (C=O) groups is 1. The third kappa shape index (κ3) is 2.23. The number of hydrogen-bond acceptors (Lipinski definition) is 3. The van der Waals surface area contributed by atoms with Crippen LogP contribution >= 0.6 is 15.9 Å². The number of nitrogens with one attached hydrogen (secondary N) is 2. The first-order valence-corrected chi connectivity index (χ1v) is 5.18. The number of amides is 1. The van der Waals surface area contributed by atoms with E-state index in [1.807, 2.05) is 12.1 Å². The van der Waals surface area contributed by atoms with E-state index in [0.717, 1.165) is 10.3 Å². The third-order valence-electron chi connectivity index (χ3n) is 2.06. The van der Waals surface area contributed by atoms with Crippen LogP contribution in [0.15, 0.2) is 22.8 Å². The molecule has 0 bridgehead atoms. The Morgan fingerprint density at radius 2 is 2.43 bits per heavy atom. The van der Waals surface area contributed by atoms with Crippen molar-refractivity contribution in [3.63, 3.8) is 0 Å². The molecule has 2 rings (SSSR count). The fourth-order valence-corrected chi connectivity index (χ4v) is 1.61. The van der Waals surface area contributed by atoms with Gasteiger partial charge in [0.2, 0.25) is 5.91 Å². The van der Waals surface area contributed by atoms with Crippen LogP contribution in [-0.2, 0) is 4.79 Å². The summed E-state index contributed by atoms with van der Waals surface area (Å²) >= 11 is 3.31. The molecule has 1 aromatic heterocycles. The summed E-state index contributed by atoms with van der Waals surface area (Å²) in [5.41, 5.74) is 0. The highest BCUT2D eigenvalue weighted by Gasteiger charge is 2.20. The highest BCUT2D eigenvalue weighted by atomic mass is 79.9. The normalized spacial score (nSPS) is 20.6. The number of aromatic nitrogens is 1. The lowest BCUT2D eigenvalue weighted by Gasteiger charge is -2.10. The van der Waals surface area contributed by atoms with E-state index in [1.165, 1.54) is 0 Å². The van der Waals surface area contributed by atoms with Gasteiger partial charge >= 0.3 is 0 Å². The molecule has 1 aromatic rings. The van der Waals surface area contributed by atoms with Crippen molar-refractivity contribution in [2.45, 2.75) is 12.5 Å². The Morgan fingerprint density at radius 1 is 1.57 bits per heavy atom. The van der Waals surface area contributed by atoms with Gasteiger partial charge in [0.25, 0.3) is 0 Å². The fourth-order valence-electron chi connectivity index (χ4n) is 1.38. The van der Waals surface area contributed by atoms with Crippen LogP contribution < -0.4 is 10.6 Å². The molecule has 0 saturated carbocycles. The topological polar surface area (TPSA) is 54.0 Å². The molecule has 5 heteroatoms. The van der Waals surface area contributed by atoms with Crippen molar-refractivity contribution >= 4 is 27.7 Å². The molecule has 2 heterocycles. The lowest BCUT2D eigenvalue weighted by atomic mass is 10.2. The Kier molecular flexibility index (Phi) is 2.67. The maximum Gasteiger partial charge on any atom is 0.222 e. The van der Waals surface area contributed by atoms with E-state index in [0.29, 0.717) is 13.0 Å². The maximum absolute atomic E-state index is 10.9. The van der Waals surface area contributed by atoms with Crippen molar-refractivity contribution in [1.82, 2.24) is 10.3 Å². The van der Waals surface area contributed by atoms with Crippen molar-refractivity contribution in [3.8, 4) is 0 Å². The monoisotopic (exact) mass is 255 g/mol. The molecule has 0 radical (unpaired) electrons. The Bertz CT molecular complexity index is 338. The highest BCUT2D eigenvalue weighted by Crippen LogP contribution is 2.13. The lowest BCUT2D eigenvalue weighted by molar-refractivity contribution is -0.119. The van der Waals surface area contributed by atoms with Crippen LogP contribution in [0.2, 0.25) is 0 Å². The molecule has 1 saturated heterocycles. The predicted octanol–water partition coefficient (Wildman–Crippen LogP) is 1.14. The number of carbonyl (C=O) groups excluding carboxylic acids is 1. The molecule has 1 atom stereocenters. The number of hydrogen-bond donors (Lipinski definition) is 2. The van der Waals surface area contributed by atoms with E-state index in [9.17, 15) is 4.79 Å². The highest BCUT2D eigenvalue weighted by molar-refractivity contribution is 9.10. The van der Waals surface area contributed by atoms with Gasteiger partial charge < -0.3 is 10.6 Å². The summed E-state index contributed by atoms with van der Waals surface area (Å²) < 4.78 is 0.948. The van der Waals surface area contributed by atoms with Gasteiger partial charge in [-0.2, -0.15) is 0 Å². The molecule has 0 aliphatic carbocycles. The molecule has 1 unspecified atom stereocenters. The minimum Gasteiger partial charge on any atom is -0.365 e. The van der Waals surface area contributed by atoms with Crippen molar-refractivity contribution in [2.75, 3.05) is 11.9 Å². The van der Waals surface area contributed by atoms with Crippen molar-refractivity contribution in [1.29, 1.82) is 0 Å². The second-order valence-electron chi connectivity index (χ2n) is 3.21. The fraction of sp³-hybridized carbons (Fsp3) is 0.333. The standard InChI is InChI=1S/C9H10BrN3O/c10-6-1-2-8(11-4-6)13-7-3-9(14)12-5-7/h1-2,4,7H,3,5H2,(H,11,13)(H,12,14). The quantitative estimate of drug-likeness (QED) is 0.834. The first-order valence-electron chi connectivity index (χ1n) is 4.39. The van der Waals surface area contributed by atoms with Crippen LogP contribution in [0, 0.1) is 0 Å². The second kappa shape index (κ2) is 3.96. The summed E-state index contributed by atoms with van der Waals surface area (Å²) in [6.45, 7) is 0.677. The van der Waals surface area contributed by atoms with Crippen LogP contribution in [-0.4, -0.2) is 23.5 Å². The Morgan fingerprint density at radius 3 is 3.00 bits per heavy atom. The van der Waals surface area contributed by atoms with Crippen LogP contribution in [0.1, 0.15) is 6.42 Å². The zero-order valence-corrected chi connectivity index (χ0v) is 9.04. The molecule has 1 amide bonds. The van der Waals surface area contributed by atoms with Crippen molar-refractivity contribution < 1.29 is 4.79 Å². The van der Waals surface area contributed by atoms with Crippen LogP contribution in [0.5, 0.6) is 0 Å². The molecule has 1 fully saturated rings. The van der Waals surface area contributed by atoms with Crippen LogP contribution in [0.25, 0.3) is 0 Å². The summed E-state index contributed by atoms with van der Waals surface area (Å²) in [6, 6.07) is 3.96. The number of anilines is 1. The third-order valence-corrected chi connectivity index (χ3v) is 2.53. The first kappa shape index (κ1) is 9.45. The van der Waals surface area contributed by atoms with Crippen molar-refractivity contribution in [2.24, 2.45) is 0 Å². The van der Waals surface area contributed by atoms with Gasteiger partial charge in [0.1, 0.15) is 5.82 Å². The number of halogens is 1. The zero-order valence-electron chi connectivity index (χ0n) is 7.46. The number of pyridine rings is 1. The molecule has 0 aromatic carbocycles. The Balaban J connectivity index is 1.97. The number of nitrogens with zero attached hydrogens (tertiary/aromatic N) is 1. The van der Waals surface area contributed by atoms with Gasteiger partial charge in [-0.05, 0) is 28.1 Å². The minimum atomic E-state index is 0.0969. The van der Waals surface area contributed by atoms with Crippen LogP contribution in [0.4, 0.5) is 5.82 Å². The molecular formula is C9H10BrN3O. The maximum atomic E-state index is 10.9. The SMILES string of the molecule is O=C1CC(Nc2ccc(Br)cn2)CN1. The zero-order chi connectivity index (χ0) is 9.97. The second-order valence-corrected chi connectivity index (χ2v) is 4.13. The first-order chi connectivity index (χ1) is 6.74. The van der Waals surface area contributed by atoms with Gasteiger partial charge in [-0.1, -0.05) is 0 Å². The molecular weight excluding hydrogens is 246 g/mol. The summed E-state index contributed by atoms with van der Waals surface area (Å²) in [5.74, 6) is 0.898. The molecule has 1 aliphatic rings. The molecule has 14 heavy (non-hydrogen) atoms. The Hall–Kier alpha value is -1.10. The van der Waals surface area contributed by atoms with Gasteiger partial charge in [0.05, 0.1) is 6.04 Å². The van der Waals surface area contributed by atoms with E-state index in [-0.39, 0.29) is 11.9 Å². The van der Waals surface area contributed by atoms with Gasteiger partial charge in [0, 0.05) is 23.6 Å². The average molecular weight is 256 g/mol. The van der Waals surface area contributed by atoms with E-state index in [2.05, 4.69) is 31.5 Å². The van der Waals surface area contributed by atoms with E-state index >= 15 is 0 Å². The van der Waals surface area contributed by atoms with Gasteiger partial charge in [-0.25, -0.2) is 4.98 Å². The largest absolute Gasteiger partial charge is 0.365 e. The lowest BCUT2D eigenvalue weighted by Crippen LogP contribution is -2.22. The molecule has 2 N–H and O–H groups in total. The van der Waals surface area contributed by atoms with E-state index < -0.39 is 0 Å².